The van der Waals surface area contributed by atoms with Crippen molar-refractivity contribution in [2.75, 3.05) is 6.54 Å². The molecule has 2 fully saturated rings. The largest absolute Gasteiger partial charge is 0.291 e. The van der Waals surface area contributed by atoms with Crippen LogP contribution in [0.15, 0.2) is 42.7 Å². The third-order valence-corrected chi connectivity index (χ3v) is 5.99. The van der Waals surface area contributed by atoms with Gasteiger partial charge in [-0.2, -0.15) is 5.26 Å². The number of nitriles is 1. The Kier molecular flexibility index (Phi) is 3.66. The molecular weight excluding hydrogens is 294 g/mol. The summed E-state index contributed by atoms with van der Waals surface area (Å²) in [7, 11) is 0. The molecule has 1 saturated heterocycles. The number of aryl methyl sites for hydroxylation is 2. The molecule has 0 unspecified atom stereocenters. The molecule has 1 saturated carbocycles. The molecule has 2 aliphatic rings. The number of hydrogen-bond acceptors (Lipinski definition) is 3. The molecule has 1 aliphatic carbocycles. The van der Waals surface area contributed by atoms with E-state index >= 15 is 0 Å². The van der Waals surface area contributed by atoms with Crippen molar-refractivity contribution in [2.45, 2.75) is 44.7 Å². The molecule has 122 valence electrons. The van der Waals surface area contributed by atoms with Crippen LogP contribution in [0.25, 0.3) is 0 Å². The molecule has 3 nitrogen and oxygen atoms in total. The first-order valence-corrected chi connectivity index (χ1v) is 8.75. The maximum atomic E-state index is 9.84. The molecule has 3 heteroatoms. The van der Waals surface area contributed by atoms with Crippen LogP contribution in [-0.2, 0) is 6.54 Å². The molecule has 0 radical (unpaired) electrons. The molecule has 0 N–H and O–H groups in total. The standard InChI is InChI=1S/C21H23N3/c1-15-5-6-17(10-16(15)2)13-24-14-19(18-4-3-9-23-12-18)20(11-22)21(24)7-8-21/h3-6,9-10,12,19-20H,7-8,13-14H2,1-2H3/t19-,20-/m0/s1. The van der Waals surface area contributed by atoms with Gasteiger partial charge in [0, 0.05) is 36.9 Å². The summed E-state index contributed by atoms with van der Waals surface area (Å²) in [4.78, 5) is 6.83. The van der Waals surface area contributed by atoms with Gasteiger partial charge in [-0.1, -0.05) is 24.3 Å². The monoisotopic (exact) mass is 317 g/mol. The van der Waals surface area contributed by atoms with E-state index in [4.69, 9.17) is 0 Å². The number of pyridine rings is 1. The Morgan fingerprint density at radius 2 is 2.08 bits per heavy atom. The summed E-state index contributed by atoms with van der Waals surface area (Å²) in [5.41, 5.74) is 5.33. The van der Waals surface area contributed by atoms with Crippen molar-refractivity contribution in [3.63, 3.8) is 0 Å². The smallest absolute Gasteiger partial charge is 0.0728 e. The Morgan fingerprint density at radius 3 is 2.71 bits per heavy atom. The minimum absolute atomic E-state index is 0.0771. The van der Waals surface area contributed by atoms with Gasteiger partial charge in [-0.15, -0.1) is 0 Å². The maximum absolute atomic E-state index is 9.84. The number of likely N-dealkylation sites (tertiary alicyclic amines) is 1. The van der Waals surface area contributed by atoms with Gasteiger partial charge in [-0.3, -0.25) is 9.88 Å². The predicted molar refractivity (Wildman–Crippen MR) is 94.4 cm³/mol. The predicted octanol–water partition coefficient (Wildman–Crippen LogP) is 3.97. The maximum Gasteiger partial charge on any atom is 0.0728 e. The topological polar surface area (TPSA) is 39.9 Å². The van der Waals surface area contributed by atoms with Gasteiger partial charge in [0.2, 0.25) is 0 Å². The van der Waals surface area contributed by atoms with Gasteiger partial charge in [0.05, 0.1) is 12.0 Å². The van der Waals surface area contributed by atoms with Crippen molar-refractivity contribution >= 4 is 0 Å². The van der Waals surface area contributed by atoms with Crippen LogP contribution in [0.1, 0.15) is 41.0 Å². The zero-order valence-corrected chi connectivity index (χ0v) is 14.4. The molecule has 1 spiro atoms. The Bertz CT molecular complexity index is 786. The van der Waals surface area contributed by atoms with Gasteiger partial charge < -0.3 is 0 Å². The van der Waals surface area contributed by atoms with Gasteiger partial charge >= 0.3 is 0 Å². The molecule has 0 bridgehead atoms. The van der Waals surface area contributed by atoms with Crippen molar-refractivity contribution in [1.82, 2.24) is 9.88 Å². The van der Waals surface area contributed by atoms with E-state index in [-0.39, 0.29) is 17.4 Å². The van der Waals surface area contributed by atoms with Gasteiger partial charge in [0.15, 0.2) is 0 Å². The number of benzene rings is 1. The fourth-order valence-corrected chi connectivity index (χ4v) is 4.30. The van der Waals surface area contributed by atoms with Crippen LogP contribution in [0, 0.1) is 31.1 Å². The summed E-state index contributed by atoms with van der Waals surface area (Å²) in [6.07, 6.45) is 6.03. The second kappa shape index (κ2) is 5.72. The lowest BCUT2D eigenvalue weighted by molar-refractivity contribution is 0.211. The van der Waals surface area contributed by atoms with E-state index in [9.17, 15) is 5.26 Å². The SMILES string of the molecule is Cc1ccc(CN2C[C@@H](c3cccnc3)[C@H](C#N)C23CC3)cc1C. The summed E-state index contributed by atoms with van der Waals surface area (Å²) >= 11 is 0. The lowest BCUT2D eigenvalue weighted by atomic mass is 9.85. The third kappa shape index (κ3) is 2.42. The van der Waals surface area contributed by atoms with Crippen LogP contribution in [-0.4, -0.2) is 22.0 Å². The van der Waals surface area contributed by atoms with Crippen molar-refractivity contribution in [2.24, 2.45) is 5.92 Å². The van der Waals surface area contributed by atoms with Crippen LogP contribution in [0.5, 0.6) is 0 Å². The Balaban J connectivity index is 1.62. The molecule has 2 aromatic rings. The van der Waals surface area contributed by atoms with Crippen LogP contribution in [0.3, 0.4) is 0 Å². The van der Waals surface area contributed by atoms with E-state index in [0.717, 1.165) is 25.9 Å². The van der Waals surface area contributed by atoms with Gasteiger partial charge in [0.25, 0.3) is 0 Å². The number of hydrogen-bond donors (Lipinski definition) is 0. The fourth-order valence-electron chi connectivity index (χ4n) is 4.30. The summed E-state index contributed by atoms with van der Waals surface area (Å²) in [6.45, 7) is 6.22. The molecule has 2 heterocycles. The molecule has 2 atom stereocenters. The molecule has 1 aromatic carbocycles. The normalized spacial score (nSPS) is 24.9. The van der Waals surface area contributed by atoms with Crippen LogP contribution >= 0.6 is 0 Å². The lowest BCUT2D eigenvalue weighted by Crippen LogP contribution is -2.34. The third-order valence-electron chi connectivity index (χ3n) is 5.99. The number of nitrogens with zero attached hydrogens (tertiary/aromatic N) is 3. The highest BCUT2D eigenvalue weighted by Crippen LogP contribution is 2.57. The van der Waals surface area contributed by atoms with E-state index in [0.29, 0.717) is 0 Å². The van der Waals surface area contributed by atoms with E-state index in [2.05, 4.69) is 54.1 Å². The van der Waals surface area contributed by atoms with E-state index in [1.54, 1.807) is 6.20 Å². The van der Waals surface area contributed by atoms with Crippen molar-refractivity contribution in [1.29, 1.82) is 5.26 Å². The van der Waals surface area contributed by atoms with Crippen molar-refractivity contribution in [3.8, 4) is 6.07 Å². The highest BCUT2D eigenvalue weighted by atomic mass is 15.3. The highest BCUT2D eigenvalue weighted by Gasteiger charge is 2.61. The quantitative estimate of drug-likeness (QED) is 0.860. The van der Waals surface area contributed by atoms with Crippen LogP contribution < -0.4 is 0 Å². The lowest BCUT2D eigenvalue weighted by Gasteiger charge is -2.25. The first kappa shape index (κ1) is 15.4. The second-order valence-corrected chi connectivity index (χ2v) is 7.40. The van der Waals surface area contributed by atoms with E-state index < -0.39 is 0 Å². The number of aromatic nitrogens is 1. The Hall–Kier alpha value is -2.18. The van der Waals surface area contributed by atoms with Crippen LogP contribution in [0.2, 0.25) is 0 Å². The molecule has 4 rings (SSSR count). The average Bonchev–Trinajstić information content (AvgIpc) is 3.32. The second-order valence-electron chi connectivity index (χ2n) is 7.40. The first-order valence-electron chi connectivity index (χ1n) is 8.75. The minimum atomic E-state index is 0.0771. The Labute approximate surface area is 143 Å². The summed E-state index contributed by atoms with van der Waals surface area (Å²) in [5.74, 6) is 0.353. The Morgan fingerprint density at radius 1 is 1.25 bits per heavy atom. The molecule has 0 amide bonds. The molecule has 1 aliphatic heterocycles. The zero-order valence-electron chi connectivity index (χ0n) is 14.4. The molecule has 24 heavy (non-hydrogen) atoms. The summed E-state index contributed by atoms with van der Waals surface area (Å²) < 4.78 is 0. The minimum Gasteiger partial charge on any atom is -0.291 e. The molecular formula is C21H23N3. The van der Waals surface area contributed by atoms with Crippen molar-refractivity contribution in [3.05, 3.63) is 65.0 Å². The van der Waals surface area contributed by atoms with E-state index in [1.807, 2.05) is 12.3 Å². The summed E-state index contributed by atoms with van der Waals surface area (Å²) in [5, 5.41) is 9.84. The summed E-state index contributed by atoms with van der Waals surface area (Å²) in [6, 6.07) is 13.5. The molecule has 1 aromatic heterocycles. The number of rotatable bonds is 3. The average molecular weight is 317 g/mol. The van der Waals surface area contributed by atoms with Crippen LogP contribution in [0.4, 0.5) is 0 Å². The van der Waals surface area contributed by atoms with E-state index in [1.165, 1.54) is 22.3 Å². The zero-order chi connectivity index (χ0) is 16.7. The van der Waals surface area contributed by atoms with Gasteiger partial charge in [-0.05, 0) is 55.0 Å². The van der Waals surface area contributed by atoms with Gasteiger partial charge in [0.1, 0.15) is 0 Å². The van der Waals surface area contributed by atoms with Gasteiger partial charge in [-0.25, -0.2) is 0 Å². The van der Waals surface area contributed by atoms with Crippen molar-refractivity contribution < 1.29 is 0 Å². The fraction of sp³-hybridized carbons (Fsp3) is 0.429. The first-order chi connectivity index (χ1) is 11.6. The highest BCUT2D eigenvalue weighted by molar-refractivity contribution is 5.33.